The summed E-state index contributed by atoms with van der Waals surface area (Å²) in [6, 6.07) is 4.48. The largest absolute Gasteiger partial charge is 0.433 e. The summed E-state index contributed by atoms with van der Waals surface area (Å²) in [7, 11) is 0. The molecule has 2 rings (SSSR count). The second-order valence-corrected chi connectivity index (χ2v) is 4.47. The fourth-order valence-corrected chi connectivity index (χ4v) is 1.90. The molecule has 118 valence electrons. The minimum atomic E-state index is -4.67. The monoisotopic (exact) mass is 321 g/mol. The van der Waals surface area contributed by atoms with Gasteiger partial charge in [-0.3, -0.25) is 4.98 Å². The van der Waals surface area contributed by atoms with Gasteiger partial charge in [0.05, 0.1) is 12.2 Å². The summed E-state index contributed by atoms with van der Waals surface area (Å²) in [4.78, 5) is 3.15. The van der Waals surface area contributed by atoms with Gasteiger partial charge in [0.15, 0.2) is 0 Å². The molecular formula is C14H9F6NO. The van der Waals surface area contributed by atoms with Gasteiger partial charge in [0.1, 0.15) is 5.69 Å². The minimum Gasteiger partial charge on any atom is -0.392 e. The van der Waals surface area contributed by atoms with Crippen LogP contribution in [0.3, 0.4) is 0 Å². The molecule has 2 aromatic rings. The third kappa shape index (κ3) is 3.38. The average Bonchev–Trinajstić information content (AvgIpc) is 2.45. The Morgan fingerprint density at radius 1 is 0.909 bits per heavy atom. The molecule has 1 aromatic carbocycles. The lowest BCUT2D eigenvalue weighted by Gasteiger charge is -2.14. The number of benzene rings is 1. The lowest BCUT2D eigenvalue weighted by atomic mass is 9.98. The molecule has 0 unspecified atom stereocenters. The molecule has 0 aliphatic rings. The predicted octanol–water partition coefficient (Wildman–Crippen LogP) is 4.28. The Morgan fingerprint density at radius 2 is 1.59 bits per heavy atom. The van der Waals surface area contributed by atoms with E-state index in [4.69, 9.17) is 5.11 Å². The van der Waals surface area contributed by atoms with E-state index in [1.165, 1.54) is 0 Å². The number of hydrogen-bond donors (Lipinski definition) is 1. The summed E-state index contributed by atoms with van der Waals surface area (Å²) in [6.07, 6.45) is -8.61. The molecule has 22 heavy (non-hydrogen) atoms. The highest BCUT2D eigenvalue weighted by molar-refractivity contribution is 5.68. The van der Waals surface area contributed by atoms with Crippen LogP contribution in [0.25, 0.3) is 11.1 Å². The SMILES string of the molecule is OCc1ccc(C(F)(F)F)c(-c2ccc(C(F)(F)F)nc2)c1. The van der Waals surface area contributed by atoms with Gasteiger partial charge >= 0.3 is 12.4 Å². The number of pyridine rings is 1. The second kappa shape index (κ2) is 5.60. The van der Waals surface area contributed by atoms with Gasteiger partial charge in [-0.05, 0) is 29.3 Å². The molecule has 0 bridgehead atoms. The van der Waals surface area contributed by atoms with E-state index in [9.17, 15) is 26.3 Å². The van der Waals surface area contributed by atoms with Crippen LogP contribution in [-0.2, 0) is 19.0 Å². The van der Waals surface area contributed by atoms with Crippen LogP contribution in [0, 0.1) is 0 Å². The van der Waals surface area contributed by atoms with Gasteiger partial charge in [-0.1, -0.05) is 12.1 Å². The fourth-order valence-electron chi connectivity index (χ4n) is 1.90. The maximum atomic E-state index is 13.0. The lowest BCUT2D eigenvalue weighted by molar-refractivity contribution is -0.141. The Balaban J connectivity index is 2.55. The van der Waals surface area contributed by atoms with Gasteiger partial charge in [0, 0.05) is 11.8 Å². The Bertz CT molecular complexity index is 661. The van der Waals surface area contributed by atoms with Crippen molar-refractivity contribution < 1.29 is 31.4 Å². The molecule has 1 N–H and O–H groups in total. The lowest BCUT2D eigenvalue weighted by Crippen LogP contribution is -2.09. The normalized spacial score (nSPS) is 12.5. The van der Waals surface area contributed by atoms with Crippen molar-refractivity contribution in [2.75, 3.05) is 0 Å². The number of nitrogens with zero attached hydrogens (tertiary/aromatic N) is 1. The molecule has 0 saturated carbocycles. The summed E-state index contributed by atoms with van der Waals surface area (Å²) in [5.74, 6) is 0. The smallest absolute Gasteiger partial charge is 0.392 e. The summed E-state index contributed by atoms with van der Waals surface area (Å²) >= 11 is 0. The molecule has 0 amide bonds. The zero-order chi connectivity index (χ0) is 16.5. The van der Waals surface area contributed by atoms with Gasteiger partial charge in [0.25, 0.3) is 0 Å². The van der Waals surface area contributed by atoms with Gasteiger partial charge in [-0.2, -0.15) is 26.3 Å². The van der Waals surface area contributed by atoms with E-state index in [1.807, 2.05) is 0 Å². The molecule has 0 aliphatic carbocycles. The first-order valence-electron chi connectivity index (χ1n) is 5.97. The minimum absolute atomic E-state index is 0.115. The van der Waals surface area contributed by atoms with Crippen molar-refractivity contribution in [1.29, 1.82) is 0 Å². The summed E-state index contributed by atoms with van der Waals surface area (Å²) < 4.78 is 76.2. The van der Waals surface area contributed by atoms with Gasteiger partial charge in [0.2, 0.25) is 0 Å². The van der Waals surface area contributed by atoms with Crippen LogP contribution in [0.4, 0.5) is 26.3 Å². The highest BCUT2D eigenvalue weighted by Crippen LogP contribution is 2.38. The van der Waals surface area contributed by atoms with Crippen LogP contribution in [-0.4, -0.2) is 10.1 Å². The highest BCUT2D eigenvalue weighted by atomic mass is 19.4. The molecule has 0 saturated heterocycles. The van der Waals surface area contributed by atoms with E-state index in [0.717, 1.165) is 30.5 Å². The summed E-state index contributed by atoms with van der Waals surface area (Å²) in [6.45, 7) is -0.487. The number of hydrogen-bond acceptors (Lipinski definition) is 2. The first-order chi connectivity index (χ1) is 10.1. The molecule has 0 aliphatic heterocycles. The molecule has 0 atom stereocenters. The molecule has 1 aromatic heterocycles. The van der Waals surface area contributed by atoms with Crippen molar-refractivity contribution in [2.24, 2.45) is 0 Å². The van der Waals surface area contributed by atoms with Crippen molar-refractivity contribution in [3.05, 3.63) is 53.3 Å². The van der Waals surface area contributed by atoms with E-state index in [0.29, 0.717) is 6.07 Å². The van der Waals surface area contributed by atoms with E-state index in [-0.39, 0.29) is 16.7 Å². The molecule has 0 fully saturated rings. The fraction of sp³-hybridized carbons (Fsp3) is 0.214. The number of rotatable bonds is 2. The van der Waals surface area contributed by atoms with Crippen molar-refractivity contribution in [2.45, 2.75) is 19.0 Å². The van der Waals surface area contributed by atoms with Crippen molar-refractivity contribution in [3.8, 4) is 11.1 Å². The maximum Gasteiger partial charge on any atom is 0.433 e. The van der Waals surface area contributed by atoms with E-state index in [1.54, 1.807) is 0 Å². The summed E-state index contributed by atoms with van der Waals surface area (Å²) in [5.41, 5.74) is -2.44. The van der Waals surface area contributed by atoms with Crippen LogP contribution < -0.4 is 0 Å². The van der Waals surface area contributed by atoms with Crippen molar-refractivity contribution >= 4 is 0 Å². The van der Waals surface area contributed by atoms with Crippen molar-refractivity contribution in [1.82, 2.24) is 4.98 Å². The van der Waals surface area contributed by atoms with Crippen LogP contribution in [0.1, 0.15) is 16.8 Å². The number of aromatic nitrogens is 1. The number of aliphatic hydroxyl groups excluding tert-OH is 1. The summed E-state index contributed by atoms with van der Waals surface area (Å²) in [5, 5.41) is 9.01. The Hall–Kier alpha value is -2.09. The standard InChI is InChI=1S/C14H9F6NO/c15-13(16,17)11-3-1-8(7-22)5-10(11)9-2-4-12(21-6-9)14(18,19)20/h1-6,22H,7H2. The van der Waals surface area contributed by atoms with Crippen LogP contribution in [0.5, 0.6) is 0 Å². The quantitative estimate of drug-likeness (QED) is 0.838. The topological polar surface area (TPSA) is 33.1 Å². The van der Waals surface area contributed by atoms with Crippen molar-refractivity contribution in [3.63, 3.8) is 0 Å². The predicted molar refractivity (Wildman–Crippen MR) is 65.6 cm³/mol. The second-order valence-electron chi connectivity index (χ2n) is 4.47. The Morgan fingerprint density at radius 3 is 2.05 bits per heavy atom. The van der Waals surface area contributed by atoms with Crippen LogP contribution in [0.15, 0.2) is 36.5 Å². The molecule has 2 nitrogen and oxygen atoms in total. The zero-order valence-corrected chi connectivity index (χ0v) is 10.8. The van der Waals surface area contributed by atoms with E-state index in [2.05, 4.69) is 4.98 Å². The first kappa shape index (κ1) is 16.3. The maximum absolute atomic E-state index is 13.0. The highest BCUT2D eigenvalue weighted by Gasteiger charge is 2.35. The van der Waals surface area contributed by atoms with Gasteiger partial charge < -0.3 is 5.11 Å². The molecule has 1 heterocycles. The number of aliphatic hydroxyl groups is 1. The number of alkyl halides is 6. The zero-order valence-electron chi connectivity index (χ0n) is 10.8. The van der Waals surface area contributed by atoms with Crippen LogP contribution >= 0.6 is 0 Å². The molecule has 8 heteroatoms. The van der Waals surface area contributed by atoms with Crippen LogP contribution in [0.2, 0.25) is 0 Å². The molecule has 0 radical (unpaired) electrons. The van der Waals surface area contributed by atoms with Gasteiger partial charge in [-0.25, -0.2) is 0 Å². The first-order valence-corrected chi connectivity index (χ1v) is 5.97. The Labute approximate surface area is 121 Å². The Kier molecular flexibility index (Phi) is 4.15. The van der Waals surface area contributed by atoms with Gasteiger partial charge in [-0.15, -0.1) is 0 Å². The number of halogens is 6. The third-order valence-electron chi connectivity index (χ3n) is 2.94. The van der Waals surface area contributed by atoms with E-state index >= 15 is 0 Å². The molecule has 0 spiro atoms. The van der Waals surface area contributed by atoms with E-state index < -0.39 is 30.2 Å². The average molecular weight is 321 g/mol. The third-order valence-corrected chi connectivity index (χ3v) is 2.94. The molecular weight excluding hydrogens is 312 g/mol.